The molecule has 0 fully saturated rings. The van der Waals surface area contributed by atoms with Crippen LogP contribution in [0.4, 0.5) is 4.39 Å². The maximum Gasteiger partial charge on any atom is 0.368 e. The molecule has 0 saturated heterocycles. The Morgan fingerprint density at radius 2 is 2.00 bits per heavy atom. The number of hydrogen-bond donors (Lipinski definition) is 0. The van der Waals surface area contributed by atoms with E-state index < -0.39 is 12.3 Å². The molecule has 0 amide bonds. The van der Waals surface area contributed by atoms with Crippen molar-refractivity contribution in [1.82, 2.24) is 0 Å². The van der Waals surface area contributed by atoms with E-state index in [0.717, 1.165) is 0 Å². The molecule has 0 aliphatic rings. The second-order valence-corrected chi connectivity index (χ2v) is 4.25. The Balaban J connectivity index is 3.63. The summed E-state index contributed by atoms with van der Waals surface area (Å²) in [6, 6.07) is 0. The van der Waals surface area contributed by atoms with Gasteiger partial charge in [0.05, 0.1) is 13.2 Å². The third kappa shape index (κ3) is 6.83. The molecule has 0 aromatic heterocycles. The lowest BCUT2D eigenvalue weighted by atomic mass is 9.93. The topological polar surface area (TPSA) is 35.5 Å². The molecule has 0 heterocycles. The molecule has 0 aromatic rings. The van der Waals surface area contributed by atoms with Crippen LogP contribution in [0, 0.1) is 5.41 Å². The average Bonchev–Trinajstić information content (AvgIpc) is 2.02. The summed E-state index contributed by atoms with van der Waals surface area (Å²) in [4.78, 5) is 10.8. The van der Waals surface area contributed by atoms with Gasteiger partial charge in [0.25, 0.3) is 6.36 Å². The summed E-state index contributed by atoms with van der Waals surface area (Å²) in [5.41, 5.74) is 0.0778. The third-order valence-corrected chi connectivity index (χ3v) is 1.59. The maximum atomic E-state index is 12.9. The Hall–Kier alpha value is -0.640. The van der Waals surface area contributed by atoms with Gasteiger partial charge in [-0.25, -0.2) is 9.18 Å². The average molecular weight is 206 g/mol. The predicted octanol–water partition coefficient (Wildman–Crippen LogP) is 2.30. The molecule has 0 radical (unpaired) electrons. The molecule has 4 heteroatoms. The molecule has 0 bridgehead atoms. The molecule has 0 aliphatic carbocycles. The number of esters is 1. The smallest absolute Gasteiger partial charge is 0.368 e. The van der Waals surface area contributed by atoms with Crippen molar-refractivity contribution in [2.24, 2.45) is 5.41 Å². The van der Waals surface area contributed by atoms with Crippen molar-refractivity contribution in [2.45, 2.75) is 40.5 Å². The van der Waals surface area contributed by atoms with Gasteiger partial charge in [0.15, 0.2) is 0 Å². The number of hydrogen-bond acceptors (Lipinski definition) is 3. The lowest BCUT2D eigenvalue weighted by Crippen LogP contribution is -2.23. The Bertz CT molecular complexity index is 175. The lowest BCUT2D eigenvalue weighted by Gasteiger charge is -2.18. The fourth-order valence-electron chi connectivity index (χ4n) is 0.744. The molecule has 0 spiro atoms. The van der Waals surface area contributed by atoms with Gasteiger partial charge in [-0.2, -0.15) is 0 Å². The Morgan fingerprint density at radius 1 is 1.43 bits per heavy atom. The first-order chi connectivity index (χ1) is 6.37. The van der Waals surface area contributed by atoms with Crippen LogP contribution in [-0.4, -0.2) is 25.5 Å². The van der Waals surface area contributed by atoms with Gasteiger partial charge in [0, 0.05) is 0 Å². The summed E-state index contributed by atoms with van der Waals surface area (Å²) in [5, 5.41) is 0. The summed E-state index contributed by atoms with van der Waals surface area (Å²) >= 11 is 0. The van der Waals surface area contributed by atoms with Crippen molar-refractivity contribution in [2.75, 3.05) is 13.2 Å². The second kappa shape index (κ2) is 5.96. The highest BCUT2D eigenvalue weighted by atomic mass is 19.1. The van der Waals surface area contributed by atoms with Crippen molar-refractivity contribution in [1.29, 1.82) is 0 Å². The molecule has 84 valence electrons. The van der Waals surface area contributed by atoms with Crippen LogP contribution in [0.5, 0.6) is 0 Å². The molecule has 0 N–H and O–H groups in total. The molecule has 3 nitrogen and oxygen atoms in total. The van der Waals surface area contributed by atoms with Crippen LogP contribution in [0.25, 0.3) is 0 Å². The van der Waals surface area contributed by atoms with Crippen LogP contribution in [-0.2, 0) is 14.3 Å². The monoisotopic (exact) mass is 206 g/mol. The Labute approximate surface area is 84.6 Å². The van der Waals surface area contributed by atoms with Crippen molar-refractivity contribution >= 4 is 5.97 Å². The van der Waals surface area contributed by atoms with Crippen LogP contribution >= 0.6 is 0 Å². The SMILES string of the molecule is CCOC(=O)C(F)OCCC(C)(C)C. The number of alkyl halides is 1. The van der Waals surface area contributed by atoms with Crippen molar-refractivity contribution in [3.63, 3.8) is 0 Å². The van der Waals surface area contributed by atoms with Gasteiger partial charge in [-0.15, -0.1) is 0 Å². The van der Waals surface area contributed by atoms with Crippen LogP contribution in [0.2, 0.25) is 0 Å². The lowest BCUT2D eigenvalue weighted by molar-refractivity contribution is -0.170. The van der Waals surface area contributed by atoms with Crippen LogP contribution in [0.15, 0.2) is 0 Å². The first kappa shape index (κ1) is 13.4. The Morgan fingerprint density at radius 3 is 2.43 bits per heavy atom. The zero-order valence-electron chi connectivity index (χ0n) is 9.30. The quantitative estimate of drug-likeness (QED) is 0.647. The first-order valence-electron chi connectivity index (χ1n) is 4.79. The van der Waals surface area contributed by atoms with E-state index in [4.69, 9.17) is 4.74 Å². The van der Waals surface area contributed by atoms with Gasteiger partial charge in [0.2, 0.25) is 0 Å². The predicted molar refractivity (Wildman–Crippen MR) is 51.6 cm³/mol. The van der Waals surface area contributed by atoms with Crippen LogP contribution in [0.3, 0.4) is 0 Å². The molecule has 0 saturated carbocycles. The first-order valence-corrected chi connectivity index (χ1v) is 4.79. The van der Waals surface area contributed by atoms with Crippen molar-refractivity contribution in [3.05, 3.63) is 0 Å². The molecule has 14 heavy (non-hydrogen) atoms. The van der Waals surface area contributed by atoms with E-state index in [0.29, 0.717) is 6.42 Å². The van der Waals surface area contributed by atoms with Crippen molar-refractivity contribution in [3.8, 4) is 0 Å². The fraction of sp³-hybridized carbons (Fsp3) is 0.900. The highest BCUT2D eigenvalue weighted by Gasteiger charge is 2.20. The minimum atomic E-state index is -1.95. The van der Waals surface area contributed by atoms with E-state index in [1.54, 1.807) is 6.92 Å². The van der Waals surface area contributed by atoms with E-state index in [-0.39, 0.29) is 18.6 Å². The molecular formula is C10H19FO3. The number of carbonyl (C=O) groups is 1. The molecule has 0 rings (SSSR count). The fourth-order valence-corrected chi connectivity index (χ4v) is 0.744. The van der Waals surface area contributed by atoms with Gasteiger partial charge in [-0.1, -0.05) is 20.8 Å². The highest BCUT2D eigenvalue weighted by Crippen LogP contribution is 2.18. The van der Waals surface area contributed by atoms with Gasteiger partial charge < -0.3 is 9.47 Å². The molecule has 1 unspecified atom stereocenters. The van der Waals surface area contributed by atoms with Crippen LogP contribution < -0.4 is 0 Å². The molecule has 1 atom stereocenters. The van der Waals surface area contributed by atoms with Crippen molar-refractivity contribution < 1.29 is 18.7 Å². The molecular weight excluding hydrogens is 187 g/mol. The highest BCUT2D eigenvalue weighted by molar-refractivity contribution is 5.72. The van der Waals surface area contributed by atoms with Gasteiger partial charge in [0.1, 0.15) is 0 Å². The Kier molecular flexibility index (Phi) is 5.69. The van der Waals surface area contributed by atoms with E-state index >= 15 is 0 Å². The standard InChI is InChI=1S/C10H19FO3/c1-5-13-9(12)8(11)14-7-6-10(2,3)4/h8H,5-7H2,1-4H3. The third-order valence-electron chi connectivity index (χ3n) is 1.59. The summed E-state index contributed by atoms with van der Waals surface area (Å²) < 4.78 is 22.0. The molecule has 0 aliphatic heterocycles. The minimum absolute atomic E-state index is 0.0778. The number of ether oxygens (including phenoxy) is 2. The summed E-state index contributed by atoms with van der Waals surface area (Å²) in [7, 11) is 0. The number of carbonyl (C=O) groups excluding carboxylic acids is 1. The van der Waals surface area contributed by atoms with E-state index in [1.165, 1.54) is 0 Å². The summed E-state index contributed by atoms with van der Waals surface area (Å²) in [6.07, 6.45) is -1.25. The second-order valence-electron chi connectivity index (χ2n) is 4.25. The zero-order valence-corrected chi connectivity index (χ0v) is 9.30. The zero-order chi connectivity index (χ0) is 11.2. The van der Waals surface area contributed by atoms with Crippen LogP contribution in [0.1, 0.15) is 34.1 Å². The number of rotatable bonds is 5. The van der Waals surface area contributed by atoms with E-state index in [9.17, 15) is 9.18 Å². The van der Waals surface area contributed by atoms with E-state index in [1.807, 2.05) is 20.8 Å². The molecule has 0 aromatic carbocycles. The van der Waals surface area contributed by atoms with Gasteiger partial charge in [-0.05, 0) is 18.8 Å². The van der Waals surface area contributed by atoms with E-state index in [2.05, 4.69) is 4.74 Å². The normalized spacial score (nSPS) is 13.8. The summed E-state index contributed by atoms with van der Waals surface area (Å²) in [6.45, 7) is 8.08. The number of halogens is 1. The van der Waals surface area contributed by atoms with Gasteiger partial charge in [-0.3, -0.25) is 0 Å². The maximum absolute atomic E-state index is 12.9. The summed E-state index contributed by atoms with van der Waals surface area (Å²) in [5.74, 6) is -0.943. The minimum Gasteiger partial charge on any atom is -0.462 e. The van der Waals surface area contributed by atoms with Gasteiger partial charge >= 0.3 is 5.97 Å². The largest absolute Gasteiger partial charge is 0.462 e.